The smallest absolute Gasteiger partial charge is 0.0938 e. The van der Waals surface area contributed by atoms with E-state index in [-0.39, 0.29) is 5.41 Å². The summed E-state index contributed by atoms with van der Waals surface area (Å²) in [5, 5.41) is 23.0. The van der Waals surface area contributed by atoms with Crippen molar-refractivity contribution in [1.82, 2.24) is 10.2 Å². The van der Waals surface area contributed by atoms with Crippen LogP contribution in [0, 0.1) is 11.3 Å². The summed E-state index contributed by atoms with van der Waals surface area (Å²) < 4.78 is 5.51. The molecule has 0 spiro atoms. The van der Waals surface area contributed by atoms with Crippen molar-refractivity contribution in [3.05, 3.63) is 0 Å². The Morgan fingerprint density at radius 3 is 2.35 bits per heavy atom. The van der Waals surface area contributed by atoms with Crippen molar-refractivity contribution in [2.45, 2.75) is 38.9 Å². The van der Waals surface area contributed by atoms with Gasteiger partial charge >= 0.3 is 0 Å². The lowest BCUT2D eigenvalue weighted by atomic mass is 9.79. The molecule has 2 fully saturated rings. The van der Waals surface area contributed by atoms with Crippen LogP contribution in [0.3, 0.4) is 0 Å². The Labute approximate surface area is 122 Å². The van der Waals surface area contributed by atoms with E-state index in [2.05, 4.69) is 24.1 Å². The lowest BCUT2D eigenvalue weighted by Crippen LogP contribution is -2.47. The number of nitrogens with one attached hydrogen (secondary N) is 1. The minimum absolute atomic E-state index is 0.219. The van der Waals surface area contributed by atoms with Gasteiger partial charge in [-0.15, -0.1) is 0 Å². The number of likely N-dealkylation sites (tertiary alicyclic amines) is 1. The van der Waals surface area contributed by atoms with Crippen LogP contribution in [0.4, 0.5) is 0 Å². The van der Waals surface area contributed by atoms with Crippen molar-refractivity contribution in [3.63, 3.8) is 0 Å². The monoisotopic (exact) mass is 286 g/mol. The number of hydrogen-bond acceptors (Lipinski definition) is 5. The zero-order valence-corrected chi connectivity index (χ0v) is 12.8. The highest BCUT2D eigenvalue weighted by Crippen LogP contribution is 2.32. The molecule has 5 heteroatoms. The van der Waals surface area contributed by atoms with Gasteiger partial charge in [-0.2, -0.15) is 0 Å². The Morgan fingerprint density at radius 1 is 1.20 bits per heavy atom. The molecular formula is C15H30N2O3. The number of hydrogen-bond donors (Lipinski definition) is 3. The van der Waals surface area contributed by atoms with Gasteiger partial charge in [0.25, 0.3) is 0 Å². The third-order valence-electron chi connectivity index (χ3n) is 4.50. The highest BCUT2D eigenvalue weighted by molar-refractivity contribution is 4.92. The van der Waals surface area contributed by atoms with E-state index < -0.39 is 12.2 Å². The summed E-state index contributed by atoms with van der Waals surface area (Å²) in [4.78, 5) is 2.21. The van der Waals surface area contributed by atoms with Crippen LogP contribution >= 0.6 is 0 Å². The first kappa shape index (κ1) is 16.2. The van der Waals surface area contributed by atoms with Gasteiger partial charge in [0, 0.05) is 39.4 Å². The molecule has 2 rings (SSSR count). The van der Waals surface area contributed by atoms with Crippen molar-refractivity contribution in [1.29, 1.82) is 0 Å². The molecule has 5 nitrogen and oxygen atoms in total. The summed E-state index contributed by atoms with van der Waals surface area (Å²) in [6.45, 7) is 10.2. The molecule has 2 unspecified atom stereocenters. The summed E-state index contributed by atoms with van der Waals surface area (Å²) >= 11 is 0. The van der Waals surface area contributed by atoms with E-state index in [4.69, 9.17) is 4.74 Å². The second-order valence-electron chi connectivity index (χ2n) is 6.97. The average Bonchev–Trinajstić information content (AvgIpc) is 2.68. The largest absolute Gasteiger partial charge is 0.389 e. The van der Waals surface area contributed by atoms with E-state index in [9.17, 15) is 10.2 Å². The van der Waals surface area contributed by atoms with Crippen LogP contribution < -0.4 is 5.32 Å². The summed E-state index contributed by atoms with van der Waals surface area (Å²) in [6, 6.07) is 0. The van der Waals surface area contributed by atoms with Crippen LogP contribution in [-0.2, 0) is 4.74 Å². The minimum atomic E-state index is -0.587. The van der Waals surface area contributed by atoms with Crippen LogP contribution in [0.15, 0.2) is 0 Å². The molecule has 2 aliphatic rings. The Balaban J connectivity index is 1.89. The first-order valence-electron chi connectivity index (χ1n) is 7.88. The van der Waals surface area contributed by atoms with Gasteiger partial charge in [0.2, 0.25) is 0 Å². The lowest BCUT2D eigenvalue weighted by Gasteiger charge is -2.40. The molecule has 2 atom stereocenters. The maximum atomic E-state index is 9.70. The van der Waals surface area contributed by atoms with Crippen LogP contribution in [0.5, 0.6) is 0 Å². The maximum Gasteiger partial charge on any atom is 0.0938 e. The van der Waals surface area contributed by atoms with E-state index in [0.29, 0.717) is 19.0 Å². The maximum absolute atomic E-state index is 9.70. The van der Waals surface area contributed by atoms with Crippen molar-refractivity contribution in [2.24, 2.45) is 11.3 Å². The minimum Gasteiger partial charge on any atom is -0.389 e. The quantitative estimate of drug-likeness (QED) is 0.645. The molecule has 3 N–H and O–H groups in total. The van der Waals surface area contributed by atoms with Gasteiger partial charge in [-0.05, 0) is 30.7 Å². The second-order valence-corrected chi connectivity index (χ2v) is 6.97. The summed E-state index contributed by atoms with van der Waals surface area (Å²) in [5.41, 5.74) is 0.219. The van der Waals surface area contributed by atoms with E-state index in [1.807, 2.05) is 0 Å². The molecular weight excluding hydrogens is 256 g/mol. The van der Waals surface area contributed by atoms with E-state index in [0.717, 1.165) is 45.7 Å². The number of aliphatic hydroxyl groups excluding tert-OH is 2. The van der Waals surface area contributed by atoms with Crippen LogP contribution in [-0.4, -0.2) is 73.3 Å². The van der Waals surface area contributed by atoms with Crippen molar-refractivity contribution in [3.8, 4) is 0 Å². The highest BCUT2D eigenvalue weighted by Gasteiger charge is 2.38. The Kier molecular flexibility index (Phi) is 5.81. The summed E-state index contributed by atoms with van der Waals surface area (Å²) in [6.07, 6.45) is 0.938. The molecule has 0 radical (unpaired) electrons. The second kappa shape index (κ2) is 7.18. The molecule has 0 aliphatic carbocycles. The molecule has 2 saturated heterocycles. The third-order valence-corrected chi connectivity index (χ3v) is 4.50. The van der Waals surface area contributed by atoms with Gasteiger partial charge in [0.05, 0.1) is 12.2 Å². The standard InChI is InChI=1S/C15H30N2O3/c1-12(2)7-16-10-15(3-5-20-6-4-15)11-17-8-13(18)14(19)9-17/h12-14,16,18-19H,3-11H2,1-2H3. The fraction of sp³-hybridized carbons (Fsp3) is 1.00. The Hall–Kier alpha value is -0.200. The third kappa shape index (κ3) is 4.40. The molecule has 0 aromatic rings. The number of β-amino-alcohol motifs (C(OH)–C–C–N with tert-alkyl or cyclic N) is 2. The topological polar surface area (TPSA) is 65.0 Å². The van der Waals surface area contributed by atoms with Gasteiger partial charge in [-0.3, -0.25) is 4.90 Å². The Morgan fingerprint density at radius 2 is 1.80 bits per heavy atom. The molecule has 20 heavy (non-hydrogen) atoms. The zero-order chi connectivity index (χ0) is 14.6. The lowest BCUT2D eigenvalue weighted by molar-refractivity contribution is -0.00299. The first-order chi connectivity index (χ1) is 9.51. The van der Waals surface area contributed by atoms with Gasteiger partial charge < -0.3 is 20.3 Å². The van der Waals surface area contributed by atoms with E-state index >= 15 is 0 Å². The van der Waals surface area contributed by atoms with Crippen LogP contribution in [0.25, 0.3) is 0 Å². The fourth-order valence-electron chi connectivity index (χ4n) is 3.27. The number of rotatable bonds is 6. The normalized spacial score (nSPS) is 31.1. The fourth-order valence-corrected chi connectivity index (χ4v) is 3.27. The average molecular weight is 286 g/mol. The molecule has 2 heterocycles. The molecule has 2 aliphatic heterocycles. The summed E-state index contributed by atoms with van der Waals surface area (Å²) in [5.74, 6) is 0.655. The molecule has 0 bridgehead atoms. The van der Waals surface area contributed by atoms with Crippen molar-refractivity contribution >= 4 is 0 Å². The summed E-state index contributed by atoms with van der Waals surface area (Å²) in [7, 11) is 0. The van der Waals surface area contributed by atoms with Crippen molar-refractivity contribution in [2.75, 3.05) is 45.9 Å². The molecule has 118 valence electrons. The predicted octanol–water partition coefficient (Wildman–Crippen LogP) is 0.0662. The van der Waals surface area contributed by atoms with E-state index in [1.54, 1.807) is 0 Å². The molecule has 0 saturated carbocycles. The molecule has 0 amide bonds. The van der Waals surface area contributed by atoms with Crippen molar-refractivity contribution < 1.29 is 14.9 Å². The van der Waals surface area contributed by atoms with Crippen LogP contribution in [0.1, 0.15) is 26.7 Å². The first-order valence-corrected chi connectivity index (χ1v) is 7.88. The molecule has 0 aromatic heterocycles. The highest BCUT2D eigenvalue weighted by atomic mass is 16.5. The SMILES string of the molecule is CC(C)CNCC1(CN2CC(O)C(O)C2)CCOCC1. The number of ether oxygens (including phenoxy) is 1. The van der Waals surface area contributed by atoms with Gasteiger partial charge in [-0.25, -0.2) is 0 Å². The molecule has 0 aromatic carbocycles. The number of nitrogens with zero attached hydrogens (tertiary/aromatic N) is 1. The predicted molar refractivity (Wildman–Crippen MR) is 78.6 cm³/mol. The van der Waals surface area contributed by atoms with Crippen LogP contribution in [0.2, 0.25) is 0 Å². The number of aliphatic hydroxyl groups is 2. The Bertz CT molecular complexity index is 283. The van der Waals surface area contributed by atoms with Gasteiger partial charge in [-0.1, -0.05) is 13.8 Å². The van der Waals surface area contributed by atoms with Gasteiger partial charge in [0.1, 0.15) is 0 Å². The van der Waals surface area contributed by atoms with Gasteiger partial charge in [0.15, 0.2) is 0 Å². The zero-order valence-electron chi connectivity index (χ0n) is 12.8. The van der Waals surface area contributed by atoms with E-state index in [1.165, 1.54) is 0 Å².